The monoisotopic (exact) mass is 314 g/mol. The van der Waals surface area contributed by atoms with E-state index in [9.17, 15) is 4.79 Å². The van der Waals surface area contributed by atoms with Crippen molar-refractivity contribution in [2.45, 2.75) is 26.2 Å². The van der Waals surface area contributed by atoms with Crippen LogP contribution in [0.1, 0.15) is 36.5 Å². The van der Waals surface area contributed by atoms with Gasteiger partial charge in [0, 0.05) is 19.3 Å². The molecule has 18 heavy (non-hydrogen) atoms. The number of nitrogens with zero attached hydrogens (tertiary/aromatic N) is 1. The highest BCUT2D eigenvalue weighted by atomic mass is 79.9. The smallest absolute Gasteiger partial charge is 0.252 e. The lowest BCUT2D eigenvalue weighted by atomic mass is 10.0. The predicted molar refractivity (Wildman–Crippen MR) is 74.4 cm³/mol. The van der Waals surface area contributed by atoms with Crippen LogP contribution in [0.2, 0.25) is 0 Å². The molecular formula is C13H19BrN2O2. The van der Waals surface area contributed by atoms with Gasteiger partial charge in [0.1, 0.15) is 4.60 Å². The normalized spacial score (nSPS) is 12.2. The van der Waals surface area contributed by atoms with Gasteiger partial charge in [0.25, 0.3) is 5.91 Å². The fraction of sp³-hybridized carbons (Fsp3) is 0.538. The van der Waals surface area contributed by atoms with Crippen molar-refractivity contribution in [3.63, 3.8) is 0 Å². The van der Waals surface area contributed by atoms with E-state index in [4.69, 9.17) is 5.11 Å². The third kappa shape index (κ3) is 5.14. The number of hydrogen-bond acceptors (Lipinski definition) is 3. The molecule has 0 aliphatic carbocycles. The van der Waals surface area contributed by atoms with Gasteiger partial charge in [-0.1, -0.05) is 13.3 Å². The van der Waals surface area contributed by atoms with Gasteiger partial charge in [-0.05, 0) is 46.8 Å². The average Bonchev–Trinajstić information content (AvgIpc) is 2.37. The largest absolute Gasteiger partial charge is 0.396 e. The zero-order valence-electron chi connectivity index (χ0n) is 10.5. The van der Waals surface area contributed by atoms with E-state index in [0.717, 1.165) is 19.3 Å². The van der Waals surface area contributed by atoms with E-state index < -0.39 is 0 Å². The molecule has 0 aliphatic rings. The molecule has 0 fully saturated rings. The lowest BCUT2D eigenvalue weighted by molar-refractivity contribution is 0.0942. The van der Waals surface area contributed by atoms with Gasteiger partial charge in [-0.25, -0.2) is 4.98 Å². The van der Waals surface area contributed by atoms with Crippen LogP contribution in [0.4, 0.5) is 0 Å². The highest BCUT2D eigenvalue weighted by molar-refractivity contribution is 9.10. The summed E-state index contributed by atoms with van der Waals surface area (Å²) in [6.45, 7) is 2.87. The van der Waals surface area contributed by atoms with E-state index in [1.165, 1.54) is 0 Å². The Morgan fingerprint density at radius 3 is 2.83 bits per heavy atom. The van der Waals surface area contributed by atoms with Gasteiger partial charge in [0.05, 0.1) is 5.56 Å². The summed E-state index contributed by atoms with van der Waals surface area (Å²) in [6.07, 6.45) is 4.34. The highest BCUT2D eigenvalue weighted by Gasteiger charge is 2.10. The van der Waals surface area contributed by atoms with Gasteiger partial charge < -0.3 is 10.4 Å². The molecule has 0 saturated heterocycles. The molecule has 1 rings (SSSR count). The van der Waals surface area contributed by atoms with Crippen LogP contribution in [-0.4, -0.2) is 29.1 Å². The predicted octanol–water partition coefficient (Wildman–Crippen LogP) is 2.37. The Morgan fingerprint density at radius 1 is 1.50 bits per heavy atom. The minimum Gasteiger partial charge on any atom is -0.396 e. The molecule has 1 aromatic heterocycles. The van der Waals surface area contributed by atoms with Crippen molar-refractivity contribution in [1.82, 2.24) is 10.3 Å². The van der Waals surface area contributed by atoms with Crippen LogP contribution in [0.3, 0.4) is 0 Å². The lowest BCUT2D eigenvalue weighted by Crippen LogP contribution is -2.29. The van der Waals surface area contributed by atoms with Crippen molar-refractivity contribution in [3.05, 3.63) is 28.5 Å². The first kappa shape index (κ1) is 15.1. The van der Waals surface area contributed by atoms with Gasteiger partial charge in [0.2, 0.25) is 0 Å². The zero-order chi connectivity index (χ0) is 13.4. The van der Waals surface area contributed by atoms with Crippen molar-refractivity contribution in [2.24, 2.45) is 5.92 Å². The second kappa shape index (κ2) is 8.21. The van der Waals surface area contributed by atoms with Crippen molar-refractivity contribution in [3.8, 4) is 0 Å². The van der Waals surface area contributed by atoms with Crippen LogP contribution in [0, 0.1) is 5.92 Å². The summed E-state index contributed by atoms with van der Waals surface area (Å²) in [4.78, 5) is 15.9. The number of aromatic nitrogens is 1. The Balaban J connectivity index is 2.46. The van der Waals surface area contributed by atoms with Crippen molar-refractivity contribution >= 4 is 21.8 Å². The molecule has 1 atom stereocenters. The van der Waals surface area contributed by atoms with E-state index in [2.05, 4.69) is 33.2 Å². The molecule has 0 aromatic carbocycles. The van der Waals surface area contributed by atoms with Crippen molar-refractivity contribution in [1.29, 1.82) is 0 Å². The summed E-state index contributed by atoms with van der Waals surface area (Å²) in [6, 6.07) is 3.47. The molecule has 0 aliphatic heterocycles. The Morgan fingerprint density at radius 2 is 2.28 bits per heavy atom. The summed E-state index contributed by atoms with van der Waals surface area (Å²) >= 11 is 3.23. The van der Waals surface area contributed by atoms with Crippen LogP contribution < -0.4 is 5.32 Å². The van der Waals surface area contributed by atoms with E-state index in [-0.39, 0.29) is 12.5 Å². The Bertz CT molecular complexity index is 362. The Hall–Kier alpha value is -0.940. The summed E-state index contributed by atoms with van der Waals surface area (Å²) in [7, 11) is 0. The topological polar surface area (TPSA) is 62.2 Å². The number of hydrogen-bond donors (Lipinski definition) is 2. The molecule has 0 radical (unpaired) electrons. The van der Waals surface area contributed by atoms with E-state index >= 15 is 0 Å². The maximum Gasteiger partial charge on any atom is 0.252 e. The molecule has 0 spiro atoms. The van der Waals surface area contributed by atoms with Gasteiger partial charge in [-0.2, -0.15) is 0 Å². The number of aliphatic hydroxyl groups excluding tert-OH is 1. The van der Waals surface area contributed by atoms with Crippen LogP contribution in [-0.2, 0) is 0 Å². The maximum atomic E-state index is 11.8. The molecule has 1 aromatic rings. The minimum atomic E-state index is -0.117. The molecule has 0 bridgehead atoms. The first-order chi connectivity index (χ1) is 8.67. The number of nitrogens with one attached hydrogen (secondary N) is 1. The third-order valence-electron chi connectivity index (χ3n) is 2.78. The number of carbonyl (C=O) groups is 1. The Labute approximate surface area is 116 Å². The fourth-order valence-electron chi connectivity index (χ4n) is 1.79. The van der Waals surface area contributed by atoms with Crippen LogP contribution in [0.15, 0.2) is 22.9 Å². The van der Waals surface area contributed by atoms with Gasteiger partial charge in [0.15, 0.2) is 0 Å². The SMILES string of the molecule is CCCC(CCO)CNC(=O)c1ccc(Br)nc1. The third-order valence-corrected chi connectivity index (χ3v) is 3.24. The quantitative estimate of drug-likeness (QED) is 0.759. The number of rotatable bonds is 7. The number of halogens is 1. The summed E-state index contributed by atoms with van der Waals surface area (Å²) in [5.74, 6) is 0.224. The summed E-state index contributed by atoms with van der Waals surface area (Å²) in [5.41, 5.74) is 0.553. The highest BCUT2D eigenvalue weighted by Crippen LogP contribution is 2.10. The number of carbonyl (C=O) groups excluding carboxylic acids is 1. The molecule has 1 unspecified atom stereocenters. The lowest BCUT2D eigenvalue weighted by Gasteiger charge is -2.15. The molecule has 5 heteroatoms. The van der Waals surface area contributed by atoms with Gasteiger partial charge in [-0.15, -0.1) is 0 Å². The standard InChI is InChI=1S/C13H19BrN2O2/c1-2-3-10(6-7-17)8-16-13(18)11-4-5-12(14)15-9-11/h4-5,9-10,17H,2-3,6-8H2,1H3,(H,16,18). The zero-order valence-corrected chi connectivity index (χ0v) is 12.1. The molecule has 2 N–H and O–H groups in total. The van der Waals surface area contributed by atoms with E-state index in [0.29, 0.717) is 22.6 Å². The van der Waals surface area contributed by atoms with Crippen molar-refractivity contribution < 1.29 is 9.90 Å². The second-order valence-electron chi connectivity index (χ2n) is 4.25. The van der Waals surface area contributed by atoms with Gasteiger partial charge >= 0.3 is 0 Å². The minimum absolute atomic E-state index is 0.117. The fourth-order valence-corrected chi connectivity index (χ4v) is 2.02. The number of amides is 1. The average molecular weight is 315 g/mol. The first-order valence-electron chi connectivity index (χ1n) is 6.18. The summed E-state index contributed by atoms with van der Waals surface area (Å²) < 4.78 is 0.711. The molecule has 1 heterocycles. The second-order valence-corrected chi connectivity index (χ2v) is 5.06. The Kier molecular flexibility index (Phi) is 6.90. The van der Waals surface area contributed by atoms with E-state index in [1.54, 1.807) is 18.3 Å². The molecule has 1 amide bonds. The number of aliphatic hydroxyl groups is 1. The molecular weight excluding hydrogens is 296 g/mol. The van der Waals surface area contributed by atoms with E-state index in [1.807, 2.05) is 0 Å². The number of pyridine rings is 1. The van der Waals surface area contributed by atoms with Crippen LogP contribution in [0.25, 0.3) is 0 Å². The van der Waals surface area contributed by atoms with Crippen LogP contribution >= 0.6 is 15.9 Å². The molecule has 4 nitrogen and oxygen atoms in total. The first-order valence-corrected chi connectivity index (χ1v) is 6.97. The summed E-state index contributed by atoms with van der Waals surface area (Å²) in [5, 5.41) is 11.8. The maximum absolute atomic E-state index is 11.8. The van der Waals surface area contributed by atoms with Crippen LogP contribution in [0.5, 0.6) is 0 Å². The van der Waals surface area contributed by atoms with Crippen molar-refractivity contribution in [2.75, 3.05) is 13.2 Å². The van der Waals surface area contributed by atoms with Gasteiger partial charge in [-0.3, -0.25) is 4.79 Å². The molecule has 0 saturated carbocycles. The molecule has 100 valence electrons.